The van der Waals surface area contributed by atoms with Gasteiger partial charge in [0.25, 0.3) is 0 Å². The number of ether oxygens (including phenoxy) is 1. The molecule has 0 bridgehead atoms. The highest BCUT2D eigenvalue weighted by atomic mass is 16.5. The molecule has 2 aromatic carbocycles. The van der Waals surface area contributed by atoms with Gasteiger partial charge in [-0.2, -0.15) is 5.26 Å². The molecule has 0 spiro atoms. The maximum Gasteiger partial charge on any atom is 0.242 e. The first-order chi connectivity index (χ1) is 17.0. The van der Waals surface area contributed by atoms with E-state index in [1.165, 1.54) is 12.4 Å². The average molecular weight is 470 g/mol. The molecule has 178 valence electrons. The molecule has 2 heterocycles. The number of hydrogen-bond acceptors (Lipinski definition) is 8. The van der Waals surface area contributed by atoms with Crippen LogP contribution in [0.2, 0.25) is 0 Å². The standard InChI is InChI=1S/C26H27N7O2/c27-15-18(14-23(28)34)10-12-33-13-11-20(16-33)32-26-24(25(29)30-17-31-26)19-6-8-22(9-7-19)35-21-4-2-1-3-5-21/h1-9,14,17,20H,10-13,16H2,(H2,28,34)(H3,29,30,31,32)/b18-14+. The molecule has 1 aromatic heterocycles. The van der Waals surface area contributed by atoms with Crippen molar-refractivity contribution in [1.82, 2.24) is 14.9 Å². The van der Waals surface area contributed by atoms with E-state index >= 15 is 0 Å². The third-order valence-corrected chi connectivity index (χ3v) is 5.77. The number of nitrogens with two attached hydrogens (primary N) is 2. The molecular weight excluding hydrogens is 442 g/mol. The average Bonchev–Trinajstić information content (AvgIpc) is 3.30. The lowest BCUT2D eigenvalue weighted by Gasteiger charge is -2.19. The van der Waals surface area contributed by atoms with Crippen LogP contribution in [0.5, 0.6) is 11.5 Å². The zero-order valence-electron chi connectivity index (χ0n) is 19.2. The van der Waals surface area contributed by atoms with Crippen LogP contribution >= 0.6 is 0 Å². The summed E-state index contributed by atoms with van der Waals surface area (Å²) >= 11 is 0. The number of amides is 1. The van der Waals surface area contributed by atoms with Gasteiger partial charge in [0.2, 0.25) is 5.91 Å². The van der Waals surface area contributed by atoms with Gasteiger partial charge >= 0.3 is 0 Å². The number of rotatable bonds is 9. The molecule has 1 fully saturated rings. The Hall–Kier alpha value is -4.42. The van der Waals surface area contributed by atoms with Gasteiger partial charge < -0.3 is 26.4 Å². The molecule has 9 nitrogen and oxygen atoms in total. The summed E-state index contributed by atoms with van der Waals surface area (Å²) in [5.41, 5.74) is 13.4. The molecule has 3 aromatic rings. The summed E-state index contributed by atoms with van der Waals surface area (Å²) in [6, 6.07) is 19.5. The Balaban J connectivity index is 1.42. The van der Waals surface area contributed by atoms with Crippen LogP contribution < -0.4 is 21.5 Å². The van der Waals surface area contributed by atoms with E-state index in [0.717, 1.165) is 42.1 Å². The number of nitrogens with one attached hydrogen (secondary N) is 1. The van der Waals surface area contributed by atoms with Crippen molar-refractivity contribution in [3.8, 4) is 28.7 Å². The number of carbonyl (C=O) groups is 1. The van der Waals surface area contributed by atoms with Crippen LogP contribution in [0.3, 0.4) is 0 Å². The van der Waals surface area contributed by atoms with Gasteiger partial charge in [0, 0.05) is 37.3 Å². The summed E-state index contributed by atoms with van der Waals surface area (Å²) in [5, 5.41) is 12.7. The second-order valence-electron chi connectivity index (χ2n) is 8.29. The van der Waals surface area contributed by atoms with Gasteiger partial charge in [0.05, 0.1) is 11.6 Å². The van der Waals surface area contributed by atoms with Crippen LogP contribution in [0, 0.1) is 11.3 Å². The topological polar surface area (TPSA) is 143 Å². The molecule has 5 N–H and O–H groups in total. The van der Waals surface area contributed by atoms with Crippen molar-refractivity contribution >= 4 is 17.5 Å². The van der Waals surface area contributed by atoms with Crippen molar-refractivity contribution in [2.45, 2.75) is 18.9 Å². The minimum Gasteiger partial charge on any atom is -0.457 e. The van der Waals surface area contributed by atoms with E-state index in [4.69, 9.17) is 21.5 Å². The quantitative estimate of drug-likeness (QED) is 0.320. The van der Waals surface area contributed by atoms with E-state index in [1.807, 2.05) is 60.7 Å². The monoisotopic (exact) mass is 469 g/mol. The third kappa shape index (κ3) is 6.34. The van der Waals surface area contributed by atoms with E-state index in [1.54, 1.807) is 0 Å². The van der Waals surface area contributed by atoms with Crippen LogP contribution in [0.25, 0.3) is 11.1 Å². The number of nitrogens with zero attached hydrogens (tertiary/aromatic N) is 4. The van der Waals surface area contributed by atoms with Gasteiger partial charge in [0.1, 0.15) is 29.5 Å². The van der Waals surface area contributed by atoms with Crippen LogP contribution in [0.15, 0.2) is 72.6 Å². The van der Waals surface area contributed by atoms with Crippen molar-refractivity contribution in [3.05, 3.63) is 72.6 Å². The molecule has 1 aliphatic rings. The number of hydrogen-bond donors (Lipinski definition) is 3. The number of nitriles is 1. The van der Waals surface area contributed by atoms with Crippen molar-refractivity contribution in [2.75, 3.05) is 30.7 Å². The summed E-state index contributed by atoms with van der Waals surface area (Å²) in [5.74, 6) is 1.95. The van der Waals surface area contributed by atoms with E-state index in [2.05, 4.69) is 20.2 Å². The fourth-order valence-electron chi connectivity index (χ4n) is 4.07. The number of anilines is 2. The summed E-state index contributed by atoms with van der Waals surface area (Å²) in [6.45, 7) is 2.32. The number of primary amides is 1. The largest absolute Gasteiger partial charge is 0.457 e. The van der Waals surface area contributed by atoms with Crippen LogP contribution in [-0.4, -0.2) is 46.5 Å². The van der Waals surface area contributed by atoms with Gasteiger partial charge in [-0.15, -0.1) is 0 Å². The first-order valence-corrected chi connectivity index (χ1v) is 11.3. The smallest absolute Gasteiger partial charge is 0.242 e. The summed E-state index contributed by atoms with van der Waals surface area (Å²) in [4.78, 5) is 21.9. The van der Waals surface area contributed by atoms with Gasteiger partial charge in [-0.05, 0) is 42.7 Å². The molecule has 0 radical (unpaired) electrons. The van der Waals surface area contributed by atoms with Crippen LogP contribution in [0.4, 0.5) is 11.6 Å². The highest BCUT2D eigenvalue weighted by molar-refractivity contribution is 5.87. The fourth-order valence-corrected chi connectivity index (χ4v) is 4.07. The van der Waals surface area contributed by atoms with E-state index < -0.39 is 5.91 Å². The molecule has 1 saturated heterocycles. The van der Waals surface area contributed by atoms with Crippen LogP contribution in [0.1, 0.15) is 12.8 Å². The Bertz CT molecular complexity index is 1240. The Morgan fingerprint density at radius 3 is 2.63 bits per heavy atom. The zero-order valence-corrected chi connectivity index (χ0v) is 19.2. The number of likely N-dealkylation sites (tertiary alicyclic amines) is 1. The normalized spacial score (nSPS) is 16.0. The molecule has 1 amide bonds. The molecule has 1 atom stereocenters. The molecule has 1 aliphatic heterocycles. The van der Waals surface area contributed by atoms with Crippen molar-refractivity contribution in [3.63, 3.8) is 0 Å². The Morgan fingerprint density at radius 2 is 1.91 bits per heavy atom. The summed E-state index contributed by atoms with van der Waals surface area (Å²) < 4.78 is 5.88. The second-order valence-corrected chi connectivity index (χ2v) is 8.29. The lowest BCUT2D eigenvalue weighted by molar-refractivity contribution is -0.113. The van der Waals surface area contributed by atoms with Gasteiger partial charge in [-0.25, -0.2) is 9.97 Å². The van der Waals surface area contributed by atoms with Gasteiger partial charge in [-0.3, -0.25) is 4.79 Å². The lowest BCUT2D eigenvalue weighted by atomic mass is 10.1. The number of carbonyl (C=O) groups excluding carboxylic acids is 1. The number of nitrogen functional groups attached to an aromatic ring is 1. The molecule has 9 heteroatoms. The molecule has 4 rings (SSSR count). The molecule has 0 aliphatic carbocycles. The minimum atomic E-state index is -0.601. The number of para-hydroxylation sites is 1. The van der Waals surface area contributed by atoms with Crippen molar-refractivity contribution < 1.29 is 9.53 Å². The fraction of sp³-hybridized carbons (Fsp3) is 0.231. The van der Waals surface area contributed by atoms with Crippen molar-refractivity contribution in [1.29, 1.82) is 5.26 Å². The highest BCUT2D eigenvalue weighted by Crippen LogP contribution is 2.33. The first-order valence-electron chi connectivity index (χ1n) is 11.3. The molecular formula is C26H27N7O2. The van der Waals surface area contributed by atoms with Gasteiger partial charge in [-0.1, -0.05) is 30.3 Å². The predicted molar refractivity (Wildman–Crippen MR) is 134 cm³/mol. The maximum atomic E-state index is 11.0. The first kappa shape index (κ1) is 23.7. The van der Waals surface area contributed by atoms with Gasteiger partial charge in [0.15, 0.2) is 0 Å². The maximum absolute atomic E-state index is 11.0. The molecule has 1 unspecified atom stereocenters. The Kier molecular flexibility index (Phi) is 7.55. The van der Waals surface area contributed by atoms with Crippen LogP contribution in [-0.2, 0) is 4.79 Å². The summed E-state index contributed by atoms with van der Waals surface area (Å²) in [7, 11) is 0. The van der Waals surface area contributed by atoms with E-state index in [0.29, 0.717) is 30.2 Å². The predicted octanol–water partition coefficient (Wildman–Crippen LogP) is 3.33. The Morgan fingerprint density at radius 1 is 1.17 bits per heavy atom. The second kappa shape index (κ2) is 11.1. The lowest BCUT2D eigenvalue weighted by Crippen LogP contribution is -2.28. The Labute approximate surface area is 204 Å². The SMILES string of the molecule is N#C/C(=C/C(N)=O)CCN1CCC(Nc2ncnc(N)c2-c2ccc(Oc3ccccc3)cc2)C1. The summed E-state index contributed by atoms with van der Waals surface area (Å²) in [6.07, 6.45) is 4.04. The molecule has 0 saturated carbocycles. The zero-order chi connectivity index (χ0) is 24.6. The number of aromatic nitrogens is 2. The third-order valence-electron chi connectivity index (χ3n) is 5.77. The van der Waals surface area contributed by atoms with E-state index in [9.17, 15) is 4.79 Å². The number of benzene rings is 2. The van der Waals surface area contributed by atoms with E-state index in [-0.39, 0.29) is 6.04 Å². The molecule has 35 heavy (non-hydrogen) atoms. The van der Waals surface area contributed by atoms with Crippen molar-refractivity contribution in [2.24, 2.45) is 5.73 Å². The minimum absolute atomic E-state index is 0.161. The highest BCUT2D eigenvalue weighted by Gasteiger charge is 2.24.